The van der Waals surface area contributed by atoms with Gasteiger partial charge in [0.15, 0.2) is 0 Å². The molecule has 0 saturated carbocycles. The Morgan fingerprint density at radius 1 is 1.30 bits per heavy atom. The fourth-order valence-corrected chi connectivity index (χ4v) is 2.69. The van der Waals surface area contributed by atoms with E-state index >= 15 is 0 Å². The van der Waals surface area contributed by atoms with Crippen molar-refractivity contribution in [1.29, 1.82) is 0 Å². The molecule has 1 aromatic heterocycles. The van der Waals surface area contributed by atoms with Crippen molar-refractivity contribution in [3.63, 3.8) is 0 Å². The quantitative estimate of drug-likeness (QED) is 0.934. The topological polar surface area (TPSA) is 59.3 Å². The van der Waals surface area contributed by atoms with E-state index in [1.807, 2.05) is 32.0 Å². The molecule has 106 valence electrons. The van der Waals surface area contributed by atoms with Crippen LogP contribution in [0.5, 0.6) is 0 Å². The number of carboxylic acids is 1. The molecule has 4 nitrogen and oxygen atoms in total. The molecule has 20 heavy (non-hydrogen) atoms. The SMILES string of the molecule is Cc1cc(C)c2c(c1)cc(CC(C)C(=O)O)c(=O)n2C. The second kappa shape index (κ2) is 5.12. The Hall–Kier alpha value is -2.10. The van der Waals surface area contributed by atoms with Gasteiger partial charge in [-0.1, -0.05) is 18.6 Å². The number of carbonyl (C=O) groups is 1. The number of hydrogen-bond donors (Lipinski definition) is 1. The minimum absolute atomic E-state index is 0.113. The minimum Gasteiger partial charge on any atom is -0.481 e. The maximum absolute atomic E-state index is 12.3. The molecule has 1 unspecified atom stereocenters. The first-order valence-corrected chi connectivity index (χ1v) is 6.64. The lowest BCUT2D eigenvalue weighted by Crippen LogP contribution is -2.25. The lowest BCUT2D eigenvalue weighted by molar-refractivity contribution is -0.141. The number of rotatable bonds is 3. The number of pyridine rings is 1. The third-order valence-corrected chi connectivity index (χ3v) is 3.67. The van der Waals surface area contributed by atoms with E-state index < -0.39 is 11.9 Å². The Balaban J connectivity index is 2.67. The maximum atomic E-state index is 12.3. The molecule has 0 amide bonds. The zero-order valence-corrected chi connectivity index (χ0v) is 12.2. The molecule has 1 atom stereocenters. The predicted molar refractivity (Wildman–Crippen MR) is 79.2 cm³/mol. The number of hydrogen-bond acceptors (Lipinski definition) is 2. The molecule has 1 aromatic carbocycles. The van der Waals surface area contributed by atoms with E-state index in [4.69, 9.17) is 5.11 Å². The monoisotopic (exact) mass is 273 g/mol. The van der Waals surface area contributed by atoms with Gasteiger partial charge in [-0.3, -0.25) is 9.59 Å². The summed E-state index contributed by atoms with van der Waals surface area (Å²) in [5.41, 5.74) is 3.54. The fourth-order valence-electron chi connectivity index (χ4n) is 2.69. The van der Waals surface area contributed by atoms with Crippen LogP contribution in [-0.2, 0) is 18.3 Å². The first-order valence-electron chi connectivity index (χ1n) is 6.64. The van der Waals surface area contributed by atoms with Crippen molar-refractivity contribution in [2.75, 3.05) is 0 Å². The second-order valence-corrected chi connectivity index (χ2v) is 5.50. The van der Waals surface area contributed by atoms with Gasteiger partial charge in [0.05, 0.1) is 11.4 Å². The summed E-state index contributed by atoms with van der Waals surface area (Å²) in [6, 6.07) is 5.90. The molecule has 0 spiro atoms. The van der Waals surface area contributed by atoms with Crippen LogP contribution >= 0.6 is 0 Å². The van der Waals surface area contributed by atoms with E-state index in [-0.39, 0.29) is 12.0 Å². The van der Waals surface area contributed by atoms with Crippen LogP contribution in [-0.4, -0.2) is 15.6 Å². The molecule has 0 bridgehead atoms. The molecule has 0 aliphatic rings. The van der Waals surface area contributed by atoms with Crippen molar-refractivity contribution in [3.8, 4) is 0 Å². The van der Waals surface area contributed by atoms with E-state index in [0.29, 0.717) is 5.56 Å². The van der Waals surface area contributed by atoms with Crippen LogP contribution in [0, 0.1) is 19.8 Å². The summed E-state index contributed by atoms with van der Waals surface area (Å²) in [6.07, 6.45) is 0.255. The standard InChI is InChI=1S/C16H19NO3/c1-9-5-10(2)14-12(6-9)8-13(15(18)17(14)4)7-11(3)16(19)20/h5-6,8,11H,7H2,1-4H3,(H,19,20). The normalized spacial score (nSPS) is 12.6. The van der Waals surface area contributed by atoms with E-state index in [0.717, 1.165) is 22.0 Å². The summed E-state index contributed by atoms with van der Waals surface area (Å²) >= 11 is 0. The van der Waals surface area contributed by atoms with Gasteiger partial charge in [0.1, 0.15) is 0 Å². The Kier molecular flexibility index (Phi) is 3.66. The molecule has 2 rings (SSSR count). The molecule has 1 N–H and O–H groups in total. The molecule has 0 radical (unpaired) electrons. The summed E-state index contributed by atoms with van der Waals surface area (Å²) < 4.78 is 1.62. The highest BCUT2D eigenvalue weighted by Crippen LogP contribution is 2.20. The van der Waals surface area contributed by atoms with Crippen molar-refractivity contribution in [2.24, 2.45) is 13.0 Å². The van der Waals surface area contributed by atoms with Crippen molar-refractivity contribution in [2.45, 2.75) is 27.2 Å². The van der Waals surface area contributed by atoms with Crippen LogP contribution in [0.2, 0.25) is 0 Å². The summed E-state index contributed by atoms with van der Waals surface area (Å²) in [5.74, 6) is -1.45. The van der Waals surface area contributed by atoms with Gasteiger partial charge < -0.3 is 9.67 Å². The zero-order valence-electron chi connectivity index (χ0n) is 12.2. The number of aryl methyl sites for hydroxylation is 3. The van der Waals surface area contributed by atoms with E-state index in [2.05, 4.69) is 0 Å². The Morgan fingerprint density at radius 3 is 2.55 bits per heavy atom. The largest absolute Gasteiger partial charge is 0.481 e. The van der Waals surface area contributed by atoms with Gasteiger partial charge in [-0.25, -0.2) is 0 Å². The Labute approximate surface area is 117 Å². The molecule has 0 fully saturated rings. The van der Waals surface area contributed by atoms with E-state index in [9.17, 15) is 9.59 Å². The highest BCUT2D eigenvalue weighted by molar-refractivity contribution is 5.83. The van der Waals surface area contributed by atoms with Crippen LogP contribution in [0.15, 0.2) is 23.0 Å². The zero-order chi connectivity index (χ0) is 15.0. The molecule has 4 heteroatoms. The molecule has 2 aromatic rings. The van der Waals surface area contributed by atoms with Gasteiger partial charge in [-0.15, -0.1) is 0 Å². The lowest BCUT2D eigenvalue weighted by Gasteiger charge is -2.13. The predicted octanol–water partition coefficient (Wildman–Crippen LogP) is 2.42. The first-order chi connectivity index (χ1) is 9.31. The molecule has 1 heterocycles. The highest BCUT2D eigenvalue weighted by Gasteiger charge is 2.16. The van der Waals surface area contributed by atoms with E-state index in [1.54, 1.807) is 18.5 Å². The highest BCUT2D eigenvalue weighted by atomic mass is 16.4. The summed E-state index contributed by atoms with van der Waals surface area (Å²) in [6.45, 7) is 5.61. The first kappa shape index (κ1) is 14.3. The van der Waals surface area contributed by atoms with E-state index in [1.165, 1.54) is 0 Å². The van der Waals surface area contributed by atoms with Crippen molar-refractivity contribution < 1.29 is 9.90 Å². The average molecular weight is 273 g/mol. The smallest absolute Gasteiger partial charge is 0.306 e. The minimum atomic E-state index is -0.882. The molecule has 0 saturated heterocycles. The van der Waals surface area contributed by atoms with Gasteiger partial charge in [0.25, 0.3) is 5.56 Å². The second-order valence-electron chi connectivity index (χ2n) is 5.50. The number of nitrogens with zero attached hydrogens (tertiary/aromatic N) is 1. The summed E-state index contributed by atoms with van der Waals surface area (Å²) in [7, 11) is 1.74. The molecular weight excluding hydrogens is 254 g/mol. The van der Waals surface area contributed by atoms with Gasteiger partial charge in [0, 0.05) is 12.6 Å². The summed E-state index contributed by atoms with van der Waals surface area (Å²) in [5, 5.41) is 9.98. The van der Waals surface area contributed by atoms with Gasteiger partial charge in [0.2, 0.25) is 0 Å². The summed E-state index contributed by atoms with van der Waals surface area (Å²) in [4.78, 5) is 23.3. The average Bonchev–Trinajstić information content (AvgIpc) is 2.34. The number of aromatic nitrogens is 1. The molecular formula is C16H19NO3. The van der Waals surface area contributed by atoms with Crippen LogP contribution in [0.4, 0.5) is 0 Å². The van der Waals surface area contributed by atoms with Crippen molar-refractivity contribution in [3.05, 3.63) is 45.2 Å². The Morgan fingerprint density at radius 2 is 1.95 bits per heavy atom. The van der Waals surface area contributed by atoms with Gasteiger partial charge >= 0.3 is 5.97 Å². The van der Waals surface area contributed by atoms with Crippen LogP contribution in [0.25, 0.3) is 10.9 Å². The number of fused-ring (bicyclic) bond motifs is 1. The van der Waals surface area contributed by atoms with Crippen LogP contribution in [0.1, 0.15) is 23.6 Å². The maximum Gasteiger partial charge on any atom is 0.306 e. The molecule has 0 aliphatic heterocycles. The number of carboxylic acid groups (broad SMARTS) is 1. The molecule has 0 aliphatic carbocycles. The van der Waals surface area contributed by atoms with Crippen LogP contribution in [0.3, 0.4) is 0 Å². The fraction of sp³-hybridized carbons (Fsp3) is 0.375. The third-order valence-electron chi connectivity index (χ3n) is 3.67. The third kappa shape index (κ3) is 2.46. The number of aliphatic carboxylic acids is 1. The lowest BCUT2D eigenvalue weighted by atomic mass is 9.99. The van der Waals surface area contributed by atoms with Gasteiger partial charge in [-0.05, 0) is 43.4 Å². The van der Waals surface area contributed by atoms with Crippen molar-refractivity contribution >= 4 is 16.9 Å². The van der Waals surface area contributed by atoms with Crippen molar-refractivity contribution in [1.82, 2.24) is 4.57 Å². The Bertz CT molecular complexity index is 743. The van der Waals surface area contributed by atoms with Crippen LogP contribution < -0.4 is 5.56 Å². The van der Waals surface area contributed by atoms with Gasteiger partial charge in [-0.2, -0.15) is 0 Å². The number of benzene rings is 1.